The highest BCUT2D eigenvalue weighted by molar-refractivity contribution is 6.31. The zero-order valence-corrected chi connectivity index (χ0v) is 13.7. The molecule has 0 aliphatic rings. The number of anilines is 1. The van der Waals surface area contributed by atoms with E-state index < -0.39 is 0 Å². The molecule has 0 saturated heterocycles. The number of ether oxygens (including phenoxy) is 1. The van der Waals surface area contributed by atoms with Gasteiger partial charge in [-0.2, -0.15) is 0 Å². The number of rotatable bonds is 6. The number of H-pyrrole nitrogens is 1. The second-order valence-corrected chi connectivity index (χ2v) is 5.35. The number of carbonyl (C=O) groups excluding carboxylic acids is 2. The quantitative estimate of drug-likeness (QED) is 0.759. The molecule has 3 N–H and O–H groups in total. The Bertz CT molecular complexity index is 699. The first-order valence-corrected chi connectivity index (χ1v) is 7.44. The van der Waals surface area contributed by atoms with E-state index in [2.05, 4.69) is 15.6 Å². The maximum absolute atomic E-state index is 12.0. The van der Waals surface area contributed by atoms with Crippen LogP contribution in [0.15, 0.2) is 30.5 Å². The molecule has 0 spiro atoms. The summed E-state index contributed by atoms with van der Waals surface area (Å²) in [5.74, 6) is 0.0175. The third-order valence-corrected chi connectivity index (χ3v) is 3.64. The molecular weight excluding hydrogens is 318 g/mol. The lowest BCUT2D eigenvalue weighted by atomic mass is 10.2. The fourth-order valence-corrected chi connectivity index (χ4v) is 2.15. The van der Waals surface area contributed by atoms with Crippen LogP contribution >= 0.6 is 11.6 Å². The van der Waals surface area contributed by atoms with E-state index in [-0.39, 0.29) is 24.8 Å². The van der Waals surface area contributed by atoms with Crippen molar-refractivity contribution in [1.82, 2.24) is 10.3 Å². The van der Waals surface area contributed by atoms with Gasteiger partial charge in [0, 0.05) is 30.3 Å². The molecule has 2 aromatic rings. The SMILES string of the molecule is COc1cc(Cl)c(C)cc1NC(=O)CCNC(=O)c1ccc[nH]1. The van der Waals surface area contributed by atoms with E-state index in [0.717, 1.165) is 5.56 Å². The van der Waals surface area contributed by atoms with Crippen LogP contribution in [-0.4, -0.2) is 30.5 Å². The minimum atomic E-state index is -0.247. The molecular formula is C16H18ClN3O3. The molecule has 1 heterocycles. The Morgan fingerprint density at radius 2 is 2.13 bits per heavy atom. The maximum atomic E-state index is 12.0. The molecule has 0 unspecified atom stereocenters. The van der Waals surface area contributed by atoms with Crippen molar-refractivity contribution in [2.75, 3.05) is 19.0 Å². The van der Waals surface area contributed by atoms with Crippen molar-refractivity contribution in [1.29, 1.82) is 0 Å². The number of nitrogens with one attached hydrogen (secondary N) is 3. The van der Waals surface area contributed by atoms with Crippen LogP contribution in [0.25, 0.3) is 0 Å². The Morgan fingerprint density at radius 3 is 2.78 bits per heavy atom. The average molecular weight is 336 g/mol. The number of hydrogen-bond donors (Lipinski definition) is 3. The molecule has 23 heavy (non-hydrogen) atoms. The van der Waals surface area contributed by atoms with Gasteiger partial charge >= 0.3 is 0 Å². The lowest BCUT2D eigenvalue weighted by molar-refractivity contribution is -0.116. The van der Waals surface area contributed by atoms with Gasteiger partial charge < -0.3 is 20.4 Å². The van der Waals surface area contributed by atoms with Crippen molar-refractivity contribution in [2.45, 2.75) is 13.3 Å². The predicted octanol–water partition coefficient (Wildman–Crippen LogP) is 2.74. The average Bonchev–Trinajstić information content (AvgIpc) is 3.05. The van der Waals surface area contributed by atoms with Crippen molar-refractivity contribution in [3.63, 3.8) is 0 Å². The Balaban J connectivity index is 1.88. The molecule has 0 aliphatic carbocycles. The number of hydrogen-bond acceptors (Lipinski definition) is 3. The lowest BCUT2D eigenvalue weighted by Crippen LogP contribution is -2.27. The van der Waals surface area contributed by atoms with Gasteiger partial charge in [0.05, 0.1) is 12.8 Å². The Morgan fingerprint density at radius 1 is 1.35 bits per heavy atom. The largest absolute Gasteiger partial charge is 0.495 e. The van der Waals surface area contributed by atoms with Crippen LogP contribution in [0.3, 0.4) is 0 Å². The van der Waals surface area contributed by atoms with Crippen LogP contribution in [0.1, 0.15) is 22.5 Å². The summed E-state index contributed by atoms with van der Waals surface area (Å²) in [6.07, 6.45) is 1.81. The normalized spacial score (nSPS) is 10.2. The molecule has 122 valence electrons. The monoisotopic (exact) mass is 335 g/mol. The van der Waals surface area contributed by atoms with Crippen molar-refractivity contribution < 1.29 is 14.3 Å². The first-order chi connectivity index (χ1) is 11.0. The maximum Gasteiger partial charge on any atom is 0.267 e. The molecule has 0 saturated carbocycles. The zero-order valence-electron chi connectivity index (χ0n) is 12.9. The highest BCUT2D eigenvalue weighted by Crippen LogP contribution is 2.30. The van der Waals surface area contributed by atoms with E-state index in [0.29, 0.717) is 22.2 Å². The van der Waals surface area contributed by atoms with Crippen LogP contribution in [-0.2, 0) is 4.79 Å². The van der Waals surface area contributed by atoms with E-state index in [9.17, 15) is 9.59 Å². The van der Waals surface area contributed by atoms with Gasteiger partial charge in [-0.3, -0.25) is 9.59 Å². The number of benzene rings is 1. The molecule has 0 atom stereocenters. The summed E-state index contributed by atoms with van der Waals surface area (Å²) in [6, 6.07) is 6.80. The summed E-state index contributed by atoms with van der Waals surface area (Å²) in [5, 5.41) is 5.99. The highest BCUT2D eigenvalue weighted by atomic mass is 35.5. The number of amides is 2. The fraction of sp³-hybridized carbons (Fsp3) is 0.250. The lowest BCUT2D eigenvalue weighted by Gasteiger charge is -2.12. The van der Waals surface area contributed by atoms with Crippen LogP contribution in [0.2, 0.25) is 5.02 Å². The second kappa shape index (κ2) is 7.69. The van der Waals surface area contributed by atoms with Gasteiger partial charge in [-0.15, -0.1) is 0 Å². The molecule has 1 aromatic carbocycles. The minimum absolute atomic E-state index is 0.150. The van der Waals surface area contributed by atoms with E-state index in [1.165, 1.54) is 7.11 Å². The molecule has 2 amide bonds. The molecule has 0 aliphatic heterocycles. The van der Waals surface area contributed by atoms with E-state index >= 15 is 0 Å². The van der Waals surface area contributed by atoms with Crippen molar-refractivity contribution in [3.05, 3.63) is 46.7 Å². The third-order valence-electron chi connectivity index (χ3n) is 3.24. The van der Waals surface area contributed by atoms with Crippen molar-refractivity contribution in [3.8, 4) is 5.75 Å². The van der Waals surface area contributed by atoms with Gasteiger partial charge in [0.2, 0.25) is 5.91 Å². The minimum Gasteiger partial charge on any atom is -0.495 e. The summed E-state index contributed by atoms with van der Waals surface area (Å²) >= 11 is 6.03. The Labute approximate surface area is 139 Å². The van der Waals surface area contributed by atoms with Crippen LogP contribution < -0.4 is 15.4 Å². The van der Waals surface area contributed by atoms with Crippen LogP contribution in [0.4, 0.5) is 5.69 Å². The highest BCUT2D eigenvalue weighted by Gasteiger charge is 2.11. The number of methoxy groups -OCH3 is 1. The first-order valence-electron chi connectivity index (χ1n) is 7.07. The van der Waals surface area contributed by atoms with Gasteiger partial charge in [0.15, 0.2) is 0 Å². The smallest absolute Gasteiger partial charge is 0.267 e. The molecule has 0 fully saturated rings. The van der Waals surface area contributed by atoms with Gasteiger partial charge in [0.1, 0.15) is 11.4 Å². The second-order valence-electron chi connectivity index (χ2n) is 4.94. The Kier molecular flexibility index (Phi) is 5.65. The van der Waals surface area contributed by atoms with Crippen LogP contribution in [0, 0.1) is 6.92 Å². The predicted molar refractivity (Wildman–Crippen MR) is 89.1 cm³/mol. The summed E-state index contributed by atoms with van der Waals surface area (Å²) in [7, 11) is 1.51. The van der Waals surface area contributed by atoms with E-state index in [1.807, 2.05) is 6.92 Å². The fourth-order valence-electron chi connectivity index (χ4n) is 2.00. The number of aromatic amines is 1. The molecule has 7 heteroatoms. The molecule has 0 bridgehead atoms. The van der Waals surface area contributed by atoms with Gasteiger partial charge in [-0.25, -0.2) is 0 Å². The molecule has 2 rings (SSSR count). The van der Waals surface area contributed by atoms with Gasteiger partial charge in [-0.1, -0.05) is 11.6 Å². The summed E-state index contributed by atoms with van der Waals surface area (Å²) in [4.78, 5) is 26.5. The number of halogens is 1. The van der Waals surface area contributed by atoms with Crippen molar-refractivity contribution in [2.24, 2.45) is 0 Å². The summed E-state index contributed by atoms with van der Waals surface area (Å²) in [5.41, 5.74) is 1.85. The third kappa shape index (κ3) is 4.50. The van der Waals surface area contributed by atoms with E-state index in [1.54, 1.807) is 30.5 Å². The number of aromatic nitrogens is 1. The first kappa shape index (κ1) is 16.9. The molecule has 1 aromatic heterocycles. The van der Waals surface area contributed by atoms with Crippen LogP contribution in [0.5, 0.6) is 5.75 Å². The van der Waals surface area contributed by atoms with E-state index in [4.69, 9.17) is 16.3 Å². The van der Waals surface area contributed by atoms with Gasteiger partial charge in [-0.05, 0) is 30.7 Å². The Hall–Kier alpha value is -2.47. The summed E-state index contributed by atoms with van der Waals surface area (Å²) < 4.78 is 5.20. The standard InChI is InChI=1S/C16H18ClN3O3/c1-10-8-13(14(23-2)9-11(10)17)20-15(21)5-7-19-16(22)12-4-3-6-18-12/h3-4,6,8-9,18H,5,7H2,1-2H3,(H,19,22)(H,20,21). The molecule has 6 nitrogen and oxygen atoms in total. The molecule has 0 radical (unpaired) electrons. The van der Waals surface area contributed by atoms with Gasteiger partial charge in [0.25, 0.3) is 5.91 Å². The number of aryl methyl sites for hydroxylation is 1. The zero-order chi connectivity index (χ0) is 16.8. The van der Waals surface area contributed by atoms with Crippen molar-refractivity contribution >= 4 is 29.1 Å². The number of carbonyl (C=O) groups is 2. The summed E-state index contributed by atoms with van der Waals surface area (Å²) in [6.45, 7) is 2.08. The topological polar surface area (TPSA) is 83.2 Å².